The number of hydrogen-bond donors (Lipinski definition) is 0. The largest absolute Gasteiger partial charge is 0.308 e. The number of hydrogen-bond acceptors (Lipinski definition) is 4. The molecule has 5 nitrogen and oxygen atoms in total. The van der Waals surface area contributed by atoms with Crippen molar-refractivity contribution in [1.82, 2.24) is 14.3 Å². The van der Waals surface area contributed by atoms with Gasteiger partial charge in [-0.3, -0.25) is 9.36 Å². The van der Waals surface area contributed by atoms with E-state index in [1.165, 1.54) is 0 Å². The van der Waals surface area contributed by atoms with E-state index in [1.54, 1.807) is 21.3 Å². The molecule has 0 saturated heterocycles. The molecule has 1 amide bonds. The average molecular weight is 489 g/mol. The van der Waals surface area contributed by atoms with Gasteiger partial charge >= 0.3 is 0 Å². The van der Waals surface area contributed by atoms with Gasteiger partial charge in [0, 0.05) is 22.3 Å². The SMILES string of the molecule is Cc1cccc(-n2c(CSc3ccccc3)nn(CC(=O)N(c3ccccc3)C(C)C)c2=S)c1. The van der Waals surface area contributed by atoms with E-state index in [-0.39, 0.29) is 18.5 Å². The molecule has 4 rings (SSSR count). The zero-order chi connectivity index (χ0) is 24.1. The Labute approximate surface area is 210 Å². The summed E-state index contributed by atoms with van der Waals surface area (Å²) in [5, 5.41) is 4.81. The first-order chi connectivity index (χ1) is 16.4. The van der Waals surface area contributed by atoms with Crippen molar-refractivity contribution in [1.29, 1.82) is 0 Å². The van der Waals surface area contributed by atoms with Crippen molar-refractivity contribution in [2.75, 3.05) is 4.90 Å². The van der Waals surface area contributed by atoms with Crippen molar-refractivity contribution >= 4 is 35.6 Å². The van der Waals surface area contributed by atoms with Crippen LogP contribution in [-0.2, 0) is 17.1 Å². The maximum Gasteiger partial charge on any atom is 0.249 e. The van der Waals surface area contributed by atoms with E-state index >= 15 is 0 Å². The zero-order valence-corrected chi connectivity index (χ0v) is 21.2. The highest BCUT2D eigenvalue weighted by Crippen LogP contribution is 2.24. The first-order valence-corrected chi connectivity index (χ1v) is 12.6. The normalized spacial score (nSPS) is 11.1. The fourth-order valence-corrected chi connectivity index (χ4v) is 5.01. The molecule has 0 aliphatic carbocycles. The maximum atomic E-state index is 13.4. The molecule has 0 unspecified atom stereocenters. The quantitative estimate of drug-likeness (QED) is 0.211. The summed E-state index contributed by atoms with van der Waals surface area (Å²) in [6.45, 7) is 6.16. The van der Waals surface area contributed by atoms with Crippen LogP contribution in [0.2, 0.25) is 0 Å². The molecule has 0 radical (unpaired) electrons. The molecule has 0 aliphatic rings. The van der Waals surface area contributed by atoms with Crippen LogP contribution in [0.25, 0.3) is 5.69 Å². The van der Waals surface area contributed by atoms with Gasteiger partial charge in [-0.05, 0) is 75.0 Å². The highest BCUT2D eigenvalue weighted by Gasteiger charge is 2.22. The van der Waals surface area contributed by atoms with Crippen LogP contribution in [0.15, 0.2) is 89.8 Å². The van der Waals surface area contributed by atoms with Gasteiger partial charge in [-0.1, -0.05) is 48.5 Å². The molecule has 1 aromatic heterocycles. The predicted molar refractivity (Wildman–Crippen MR) is 142 cm³/mol. The van der Waals surface area contributed by atoms with Crippen LogP contribution >= 0.6 is 24.0 Å². The third-order valence-corrected chi connectivity index (χ3v) is 6.78. The molecular formula is C27H28N4OS2. The van der Waals surface area contributed by atoms with Gasteiger partial charge in [0.05, 0.1) is 5.75 Å². The number of aromatic nitrogens is 3. The number of rotatable bonds is 8. The van der Waals surface area contributed by atoms with E-state index in [2.05, 4.69) is 31.2 Å². The Morgan fingerprint density at radius 1 is 1.00 bits per heavy atom. The highest BCUT2D eigenvalue weighted by molar-refractivity contribution is 7.98. The molecule has 0 aliphatic heterocycles. The Morgan fingerprint density at radius 2 is 1.68 bits per heavy atom. The van der Waals surface area contributed by atoms with Gasteiger partial charge < -0.3 is 4.90 Å². The minimum absolute atomic E-state index is 0.0102. The topological polar surface area (TPSA) is 43.1 Å². The third kappa shape index (κ3) is 5.48. The second-order valence-electron chi connectivity index (χ2n) is 8.33. The number of nitrogens with zero attached hydrogens (tertiary/aromatic N) is 4. The molecule has 0 atom stereocenters. The molecule has 4 aromatic rings. The highest BCUT2D eigenvalue weighted by atomic mass is 32.2. The van der Waals surface area contributed by atoms with Gasteiger partial charge in [0.2, 0.25) is 10.7 Å². The Hall–Kier alpha value is -3.16. The summed E-state index contributed by atoms with van der Waals surface area (Å²) in [7, 11) is 0. The van der Waals surface area contributed by atoms with Crippen molar-refractivity contribution in [2.45, 2.75) is 44.0 Å². The number of carbonyl (C=O) groups is 1. The Kier molecular flexibility index (Phi) is 7.65. The van der Waals surface area contributed by atoms with Gasteiger partial charge in [0.15, 0.2) is 0 Å². The van der Waals surface area contributed by atoms with Crippen molar-refractivity contribution in [3.63, 3.8) is 0 Å². The van der Waals surface area contributed by atoms with E-state index in [0.717, 1.165) is 27.7 Å². The number of amides is 1. The lowest BCUT2D eigenvalue weighted by atomic mass is 10.2. The van der Waals surface area contributed by atoms with Gasteiger partial charge in [-0.15, -0.1) is 11.8 Å². The molecule has 3 aromatic carbocycles. The lowest BCUT2D eigenvalue weighted by molar-refractivity contribution is -0.119. The minimum Gasteiger partial charge on any atom is -0.308 e. The number of benzene rings is 3. The smallest absolute Gasteiger partial charge is 0.249 e. The van der Waals surface area contributed by atoms with Crippen LogP contribution in [0.4, 0.5) is 5.69 Å². The summed E-state index contributed by atoms with van der Waals surface area (Å²) in [5.74, 6) is 1.40. The molecular weight excluding hydrogens is 460 g/mol. The molecule has 7 heteroatoms. The fraction of sp³-hybridized carbons (Fsp3) is 0.222. The molecule has 0 bridgehead atoms. The first-order valence-electron chi connectivity index (χ1n) is 11.2. The summed E-state index contributed by atoms with van der Waals surface area (Å²) >= 11 is 7.54. The first kappa shape index (κ1) is 24.0. The number of thioether (sulfide) groups is 1. The van der Waals surface area contributed by atoms with Crippen LogP contribution in [0.1, 0.15) is 25.2 Å². The van der Waals surface area contributed by atoms with Gasteiger partial charge in [-0.2, -0.15) is 5.10 Å². The van der Waals surface area contributed by atoms with E-state index < -0.39 is 0 Å². The van der Waals surface area contributed by atoms with E-state index in [4.69, 9.17) is 17.3 Å². The van der Waals surface area contributed by atoms with Crippen LogP contribution in [0, 0.1) is 11.7 Å². The van der Waals surface area contributed by atoms with Crippen LogP contribution in [0.5, 0.6) is 0 Å². The lowest BCUT2D eigenvalue weighted by Gasteiger charge is -2.26. The fourth-order valence-electron chi connectivity index (χ4n) is 3.86. The van der Waals surface area contributed by atoms with Gasteiger partial charge in [0.25, 0.3) is 0 Å². The number of para-hydroxylation sites is 1. The second-order valence-corrected chi connectivity index (χ2v) is 9.74. The van der Waals surface area contributed by atoms with Crippen molar-refractivity contribution in [3.05, 3.63) is 101 Å². The van der Waals surface area contributed by atoms with Crippen molar-refractivity contribution in [2.24, 2.45) is 0 Å². The molecule has 0 saturated carbocycles. The summed E-state index contributed by atoms with van der Waals surface area (Å²) in [5.41, 5.74) is 2.96. The molecule has 0 N–H and O–H groups in total. The molecule has 34 heavy (non-hydrogen) atoms. The Balaban J connectivity index is 1.68. The molecule has 1 heterocycles. The summed E-state index contributed by atoms with van der Waals surface area (Å²) in [6, 6.07) is 28.1. The summed E-state index contributed by atoms with van der Waals surface area (Å²) in [4.78, 5) is 16.4. The second kappa shape index (κ2) is 10.8. The summed E-state index contributed by atoms with van der Waals surface area (Å²) in [6.07, 6.45) is 0. The van der Waals surface area contributed by atoms with Crippen molar-refractivity contribution < 1.29 is 4.79 Å². The van der Waals surface area contributed by atoms with E-state index in [0.29, 0.717) is 10.5 Å². The standard InChI is InChI=1S/C27H28N4OS2/c1-20(2)30(22-12-6-4-7-13-22)26(32)18-29-27(33)31(23-14-10-11-21(3)17-23)25(28-29)19-34-24-15-8-5-9-16-24/h4-17,20H,18-19H2,1-3H3. The van der Waals surface area contributed by atoms with E-state index in [1.807, 2.05) is 79.1 Å². The Morgan fingerprint density at radius 3 is 2.32 bits per heavy atom. The maximum absolute atomic E-state index is 13.4. The molecule has 174 valence electrons. The van der Waals surface area contributed by atoms with Crippen LogP contribution in [0.3, 0.4) is 0 Å². The Bertz CT molecular complexity index is 1310. The molecule has 0 fully saturated rings. The number of anilines is 1. The summed E-state index contributed by atoms with van der Waals surface area (Å²) < 4.78 is 4.15. The monoisotopic (exact) mass is 488 g/mol. The lowest BCUT2D eigenvalue weighted by Crippen LogP contribution is -2.39. The van der Waals surface area contributed by atoms with Gasteiger partial charge in [0.1, 0.15) is 12.4 Å². The van der Waals surface area contributed by atoms with Gasteiger partial charge in [-0.25, -0.2) is 4.68 Å². The number of carbonyl (C=O) groups excluding carboxylic acids is 1. The predicted octanol–water partition coefficient (Wildman–Crippen LogP) is 6.45. The molecule has 0 spiro atoms. The van der Waals surface area contributed by atoms with Crippen molar-refractivity contribution in [3.8, 4) is 5.69 Å². The number of aryl methyl sites for hydroxylation is 1. The van der Waals surface area contributed by atoms with E-state index in [9.17, 15) is 4.79 Å². The third-order valence-electron chi connectivity index (χ3n) is 5.38. The van der Waals surface area contributed by atoms with Crippen LogP contribution in [-0.4, -0.2) is 26.3 Å². The average Bonchev–Trinajstić information content (AvgIpc) is 3.13. The van der Waals surface area contributed by atoms with Crippen LogP contribution < -0.4 is 4.90 Å². The zero-order valence-electron chi connectivity index (χ0n) is 19.6. The minimum atomic E-state index is -0.0477.